The van der Waals surface area contributed by atoms with Crippen molar-refractivity contribution < 1.29 is 18.3 Å². The molecule has 0 aliphatic rings. The molecule has 0 aliphatic carbocycles. The lowest BCUT2D eigenvalue weighted by Gasteiger charge is -2.09. The summed E-state index contributed by atoms with van der Waals surface area (Å²) >= 11 is 2.98. The lowest BCUT2D eigenvalue weighted by Crippen LogP contribution is -2.31. The van der Waals surface area contributed by atoms with Gasteiger partial charge in [0, 0.05) is 24.7 Å². The van der Waals surface area contributed by atoms with Gasteiger partial charge < -0.3 is 15.4 Å². The molecule has 1 amide bonds. The van der Waals surface area contributed by atoms with E-state index >= 15 is 0 Å². The molecule has 0 spiro atoms. The van der Waals surface area contributed by atoms with Gasteiger partial charge >= 0.3 is 0 Å². The highest BCUT2D eigenvalue weighted by molar-refractivity contribution is 9.10. The van der Waals surface area contributed by atoms with Gasteiger partial charge in [0.1, 0.15) is 17.3 Å². The molecule has 0 bridgehead atoms. The summed E-state index contributed by atoms with van der Waals surface area (Å²) in [6.45, 7) is 0.811. The summed E-state index contributed by atoms with van der Waals surface area (Å²) in [5.74, 6) is -1.84. The molecule has 7 heteroatoms. The van der Waals surface area contributed by atoms with E-state index in [1.807, 2.05) is 0 Å². The van der Waals surface area contributed by atoms with Gasteiger partial charge in [-0.2, -0.15) is 0 Å². The molecule has 1 aromatic rings. The van der Waals surface area contributed by atoms with Crippen LogP contribution in [0, 0.1) is 11.6 Å². The highest BCUT2D eigenvalue weighted by atomic mass is 79.9. The second kappa shape index (κ2) is 8.06. The Bertz CT molecular complexity index is 421. The first-order valence-corrected chi connectivity index (χ1v) is 6.48. The second-order valence-electron chi connectivity index (χ2n) is 3.79. The van der Waals surface area contributed by atoms with Gasteiger partial charge in [-0.3, -0.25) is 4.79 Å². The van der Waals surface area contributed by atoms with Crippen LogP contribution in [0.25, 0.3) is 0 Å². The van der Waals surface area contributed by atoms with Crippen molar-refractivity contribution in [2.45, 2.75) is 6.42 Å². The predicted molar refractivity (Wildman–Crippen MR) is 72.1 cm³/mol. The predicted octanol–water partition coefficient (Wildman–Crippen LogP) is 2.29. The van der Waals surface area contributed by atoms with E-state index in [1.54, 1.807) is 7.11 Å². The maximum atomic E-state index is 13.4. The fourth-order valence-corrected chi connectivity index (χ4v) is 1.79. The van der Waals surface area contributed by atoms with E-state index in [4.69, 9.17) is 4.74 Å². The van der Waals surface area contributed by atoms with E-state index in [-0.39, 0.29) is 18.1 Å². The molecule has 19 heavy (non-hydrogen) atoms. The molecule has 1 aromatic carbocycles. The number of hydrogen-bond donors (Lipinski definition) is 2. The van der Waals surface area contributed by atoms with E-state index in [0.717, 1.165) is 12.1 Å². The molecular formula is C12H15BrF2N2O2. The first-order valence-electron chi connectivity index (χ1n) is 5.68. The summed E-state index contributed by atoms with van der Waals surface area (Å²) in [7, 11) is 1.57. The topological polar surface area (TPSA) is 50.4 Å². The number of ether oxygens (including phenoxy) is 1. The third-order valence-corrected chi connectivity index (χ3v) is 2.74. The summed E-state index contributed by atoms with van der Waals surface area (Å²) < 4.78 is 32.0. The monoisotopic (exact) mass is 336 g/mol. The molecule has 0 saturated carbocycles. The van der Waals surface area contributed by atoms with Crippen LogP contribution in [0.5, 0.6) is 0 Å². The van der Waals surface area contributed by atoms with Crippen molar-refractivity contribution in [1.82, 2.24) is 5.32 Å². The minimum Gasteiger partial charge on any atom is -0.385 e. The van der Waals surface area contributed by atoms with Crippen molar-refractivity contribution in [2.24, 2.45) is 0 Å². The quantitative estimate of drug-likeness (QED) is 0.751. The number of methoxy groups -OCH3 is 1. The number of anilines is 1. The summed E-state index contributed by atoms with van der Waals surface area (Å²) in [5.41, 5.74) is -0.310. The largest absolute Gasteiger partial charge is 0.385 e. The number of halogens is 3. The molecular weight excluding hydrogens is 322 g/mol. The highest BCUT2D eigenvalue weighted by Crippen LogP contribution is 2.23. The van der Waals surface area contributed by atoms with Crippen molar-refractivity contribution in [3.63, 3.8) is 0 Å². The number of rotatable bonds is 7. The van der Waals surface area contributed by atoms with Crippen molar-refractivity contribution in [2.75, 3.05) is 32.1 Å². The minimum absolute atomic E-state index is 0.192. The molecule has 2 N–H and O–H groups in total. The maximum absolute atomic E-state index is 13.4. The fourth-order valence-electron chi connectivity index (χ4n) is 1.39. The van der Waals surface area contributed by atoms with Crippen LogP contribution >= 0.6 is 15.9 Å². The molecule has 0 fully saturated rings. The Kier molecular flexibility index (Phi) is 6.72. The molecule has 0 aliphatic heterocycles. The summed E-state index contributed by atoms with van der Waals surface area (Å²) in [5, 5.41) is 5.04. The Morgan fingerprint density at radius 2 is 2.00 bits per heavy atom. The number of amides is 1. The SMILES string of the molecule is COCCCNC(=O)CNc1c(F)cc(Br)cc1F. The normalized spacial score (nSPS) is 10.3. The number of carbonyl (C=O) groups excluding carboxylic acids is 1. The molecule has 1 rings (SSSR count). The molecule has 0 aromatic heterocycles. The molecule has 4 nitrogen and oxygen atoms in total. The zero-order valence-electron chi connectivity index (χ0n) is 10.4. The van der Waals surface area contributed by atoms with Crippen LogP contribution in [-0.4, -0.2) is 32.7 Å². The van der Waals surface area contributed by atoms with Gasteiger partial charge in [-0.25, -0.2) is 8.78 Å². The van der Waals surface area contributed by atoms with E-state index < -0.39 is 11.6 Å². The Hall–Kier alpha value is -1.21. The van der Waals surface area contributed by atoms with Crippen LogP contribution in [0.3, 0.4) is 0 Å². The van der Waals surface area contributed by atoms with E-state index in [2.05, 4.69) is 26.6 Å². The second-order valence-corrected chi connectivity index (χ2v) is 4.71. The lowest BCUT2D eigenvalue weighted by molar-refractivity contribution is -0.119. The molecule has 106 valence electrons. The molecule has 0 atom stereocenters. The number of benzene rings is 1. The van der Waals surface area contributed by atoms with E-state index in [0.29, 0.717) is 24.0 Å². The zero-order chi connectivity index (χ0) is 14.3. The smallest absolute Gasteiger partial charge is 0.239 e. The minimum atomic E-state index is -0.751. The van der Waals surface area contributed by atoms with Crippen LogP contribution in [-0.2, 0) is 9.53 Å². The lowest BCUT2D eigenvalue weighted by atomic mass is 10.3. The molecule has 0 radical (unpaired) electrons. The van der Waals surface area contributed by atoms with Gasteiger partial charge in [-0.1, -0.05) is 15.9 Å². The van der Waals surface area contributed by atoms with Crippen molar-refractivity contribution in [1.29, 1.82) is 0 Å². The Morgan fingerprint density at radius 3 is 2.58 bits per heavy atom. The van der Waals surface area contributed by atoms with Gasteiger partial charge in [0.15, 0.2) is 0 Å². The van der Waals surface area contributed by atoms with E-state index in [1.165, 1.54) is 0 Å². The fraction of sp³-hybridized carbons (Fsp3) is 0.417. The molecule has 0 unspecified atom stereocenters. The number of hydrogen-bond acceptors (Lipinski definition) is 3. The van der Waals surface area contributed by atoms with Crippen molar-refractivity contribution >= 4 is 27.5 Å². The first-order chi connectivity index (χ1) is 9.04. The van der Waals surface area contributed by atoms with Crippen molar-refractivity contribution in [3.05, 3.63) is 28.2 Å². The standard InChI is InChI=1S/C12H15BrF2N2O2/c1-19-4-2-3-16-11(18)7-17-12-9(14)5-8(13)6-10(12)15/h5-6,17H,2-4,7H2,1H3,(H,16,18). The van der Waals surface area contributed by atoms with E-state index in [9.17, 15) is 13.6 Å². The van der Waals surface area contributed by atoms with Gasteiger partial charge in [0.05, 0.1) is 6.54 Å². The third kappa shape index (κ3) is 5.52. The maximum Gasteiger partial charge on any atom is 0.239 e. The zero-order valence-corrected chi connectivity index (χ0v) is 12.0. The Labute approximate surface area is 118 Å². The summed E-state index contributed by atoms with van der Waals surface area (Å²) in [4.78, 5) is 11.4. The average Bonchev–Trinajstić information content (AvgIpc) is 2.33. The molecule has 0 saturated heterocycles. The summed E-state index contributed by atoms with van der Waals surface area (Å²) in [6.07, 6.45) is 0.684. The summed E-state index contributed by atoms with van der Waals surface area (Å²) in [6, 6.07) is 2.25. The number of nitrogens with one attached hydrogen (secondary N) is 2. The van der Waals surface area contributed by atoms with Crippen LogP contribution in [0.2, 0.25) is 0 Å². The van der Waals surface area contributed by atoms with Crippen LogP contribution < -0.4 is 10.6 Å². The van der Waals surface area contributed by atoms with Crippen LogP contribution in [0.4, 0.5) is 14.5 Å². The Balaban J connectivity index is 2.42. The third-order valence-electron chi connectivity index (χ3n) is 2.28. The first kappa shape index (κ1) is 15.8. The average molecular weight is 337 g/mol. The van der Waals surface area contributed by atoms with Gasteiger partial charge in [-0.05, 0) is 18.6 Å². The van der Waals surface area contributed by atoms with Crippen molar-refractivity contribution in [3.8, 4) is 0 Å². The Morgan fingerprint density at radius 1 is 1.37 bits per heavy atom. The van der Waals surface area contributed by atoms with Gasteiger partial charge in [0.25, 0.3) is 0 Å². The van der Waals surface area contributed by atoms with Gasteiger partial charge in [-0.15, -0.1) is 0 Å². The van der Waals surface area contributed by atoms with Crippen LogP contribution in [0.1, 0.15) is 6.42 Å². The number of carbonyl (C=O) groups is 1. The van der Waals surface area contributed by atoms with Crippen LogP contribution in [0.15, 0.2) is 16.6 Å². The van der Waals surface area contributed by atoms with Gasteiger partial charge in [0.2, 0.25) is 5.91 Å². The molecule has 0 heterocycles. The highest BCUT2D eigenvalue weighted by Gasteiger charge is 2.11.